The molecule has 0 saturated carbocycles. The number of aliphatic hydroxyl groups is 1. The summed E-state index contributed by atoms with van der Waals surface area (Å²) in [6.45, 7) is 8.12. The minimum Gasteiger partial charge on any atom is -0.389 e. The molecule has 120 valence electrons. The van der Waals surface area contributed by atoms with Gasteiger partial charge in [0.15, 0.2) is 5.82 Å². The molecule has 0 radical (unpaired) electrons. The Bertz CT molecular complexity index is 426. The van der Waals surface area contributed by atoms with Gasteiger partial charge >= 0.3 is 0 Å². The minimum absolute atomic E-state index is 0.408. The average molecular weight is 298 g/mol. The smallest absolute Gasteiger partial charge is 0.223 e. The lowest BCUT2D eigenvalue weighted by Gasteiger charge is -2.24. The number of hydrogen-bond acceptors (Lipinski definition) is 7. The topological polar surface area (TPSA) is 74.9 Å². The van der Waals surface area contributed by atoms with E-state index in [2.05, 4.69) is 27.0 Å². The fourth-order valence-corrected chi connectivity index (χ4v) is 2.70. The van der Waals surface area contributed by atoms with Gasteiger partial charge in [-0.25, -0.2) is 0 Å². The first-order valence-electron chi connectivity index (χ1n) is 7.56. The first-order chi connectivity index (χ1) is 10.1. The molecule has 0 amide bonds. The lowest BCUT2D eigenvalue weighted by molar-refractivity contribution is 0.0240. The molecule has 21 heavy (non-hydrogen) atoms. The van der Waals surface area contributed by atoms with E-state index >= 15 is 0 Å². The van der Waals surface area contributed by atoms with Crippen LogP contribution >= 0.6 is 0 Å². The molecule has 1 fully saturated rings. The molecule has 7 nitrogen and oxygen atoms in total. The Balaban J connectivity index is 1.73. The summed E-state index contributed by atoms with van der Waals surface area (Å²) in [5, 5.41) is 13.8. The van der Waals surface area contributed by atoms with Gasteiger partial charge in [-0.2, -0.15) is 4.98 Å². The van der Waals surface area contributed by atoms with Crippen molar-refractivity contribution in [3.63, 3.8) is 0 Å². The summed E-state index contributed by atoms with van der Waals surface area (Å²) >= 11 is 0. The number of aryl methyl sites for hydroxylation is 1. The summed E-state index contributed by atoms with van der Waals surface area (Å²) in [5.41, 5.74) is 0. The summed E-state index contributed by atoms with van der Waals surface area (Å²) in [6.07, 6.45) is 0.683. The number of rotatable bonds is 8. The molecule has 0 aliphatic carbocycles. The molecule has 0 unspecified atom stereocenters. The van der Waals surface area contributed by atoms with Crippen LogP contribution in [-0.2, 0) is 11.3 Å². The van der Waals surface area contributed by atoms with E-state index in [0.29, 0.717) is 38.2 Å². The van der Waals surface area contributed by atoms with Gasteiger partial charge in [0.05, 0.1) is 19.3 Å². The van der Waals surface area contributed by atoms with E-state index in [-0.39, 0.29) is 0 Å². The van der Waals surface area contributed by atoms with Gasteiger partial charge in [-0.1, -0.05) is 5.16 Å². The van der Waals surface area contributed by atoms with E-state index in [1.807, 2.05) is 6.92 Å². The third kappa shape index (κ3) is 5.03. The molecule has 2 rings (SSSR count). The van der Waals surface area contributed by atoms with Crippen LogP contribution in [0.1, 0.15) is 25.1 Å². The van der Waals surface area contributed by atoms with Crippen molar-refractivity contribution in [3.8, 4) is 0 Å². The summed E-state index contributed by atoms with van der Waals surface area (Å²) < 4.78 is 10.2. The molecular formula is C14H26N4O3. The van der Waals surface area contributed by atoms with Gasteiger partial charge < -0.3 is 14.4 Å². The molecular weight excluding hydrogens is 272 g/mol. The molecule has 2 atom stereocenters. The zero-order chi connectivity index (χ0) is 15.2. The quantitative estimate of drug-likeness (QED) is 0.739. The first-order valence-corrected chi connectivity index (χ1v) is 7.56. The number of aliphatic hydroxyl groups excluding tert-OH is 1. The highest BCUT2D eigenvalue weighted by Gasteiger charge is 2.27. The van der Waals surface area contributed by atoms with Crippen molar-refractivity contribution in [2.24, 2.45) is 0 Å². The van der Waals surface area contributed by atoms with E-state index in [9.17, 15) is 5.11 Å². The number of likely N-dealkylation sites (N-methyl/N-ethyl adjacent to an activating group) is 1. The van der Waals surface area contributed by atoms with Crippen LogP contribution in [0.25, 0.3) is 0 Å². The molecule has 0 spiro atoms. The van der Waals surface area contributed by atoms with E-state index in [1.54, 1.807) is 6.92 Å². The van der Waals surface area contributed by atoms with Crippen molar-refractivity contribution in [2.75, 3.05) is 39.9 Å². The lowest BCUT2D eigenvalue weighted by Crippen LogP contribution is -2.37. The van der Waals surface area contributed by atoms with Crippen LogP contribution in [0, 0.1) is 6.92 Å². The van der Waals surface area contributed by atoms with Gasteiger partial charge in [0.2, 0.25) is 5.89 Å². The van der Waals surface area contributed by atoms with Gasteiger partial charge in [0.1, 0.15) is 0 Å². The van der Waals surface area contributed by atoms with Crippen LogP contribution in [0.15, 0.2) is 4.52 Å². The lowest BCUT2D eigenvalue weighted by atomic mass is 10.2. The minimum atomic E-state index is -0.408. The van der Waals surface area contributed by atoms with E-state index in [0.717, 1.165) is 25.3 Å². The summed E-state index contributed by atoms with van der Waals surface area (Å²) in [5.74, 6) is 1.33. The van der Waals surface area contributed by atoms with Crippen LogP contribution in [-0.4, -0.2) is 77.1 Å². The number of ether oxygens (including phenoxy) is 1. The predicted molar refractivity (Wildman–Crippen MR) is 77.8 cm³/mol. The molecule has 2 heterocycles. The fraction of sp³-hybridized carbons (Fsp3) is 0.857. The van der Waals surface area contributed by atoms with Gasteiger partial charge in [-0.15, -0.1) is 0 Å². The fourth-order valence-electron chi connectivity index (χ4n) is 2.70. The predicted octanol–water partition coefficient (Wildman–Crippen LogP) is 0.282. The Morgan fingerprint density at radius 2 is 2.38 bits per heavy atom. The molecule has 1 aliphatic heterocycles. The zero-order valence-electron chi connectivity index (χ0n) is 13.2. The SMILES string of the molecule is CCOC[C@H](O)CN1CC[C@H](N(C)Cc2noc(C)n2)C1. The maximum atomic E-state index is 9.89. The number of aromatic nitrogens is 2. The van der Waals surface area contributed by atoms with Crippen molar-refractivity contribution in [2.45, 2.75) is 39.0 Å². The third-order valence-electron chi connectivity index (χ3n) is 3.81. The second-order valence-corrected chi connectivity index (χ2v) is 5.66. The van der Waals surface area contributed by atoms with Crippen LogP contribution in [0.3, 0.4) is 0 Å². The number of β-amino-alcohol motifs (C(OH)–C–C–N with tert-alkyl or cyclic N) is 1. The summed E-state index contributed by atoms with van der Waals surface area (Å²) in [7, 11) is 2.08. The second-order valence-electron chi connectivity index (χ2n) is 5.66. The largest absolute Gasteiger partial charge is 0.389 e. The van der Waals surface area contributed by atoms with E-state index < -0.39 is 6.10 Å². The van der Waals surface area contributed by atoms with Crippen LogP contribution in [0.4, 0.5) is 0 Å². The maximum Gasteiger partial charge on any atom is 0.223 e. The molecule has 7 heteroatoms. The zero-order valence-corrected chi connectivity index (χ0v) is 13.2. The average Bonchev–Trinajstić information content (AvgIpc) is 3.06. The van der Waals surface area contributed by atoms with Crippen LogP contribution < -0.4 is 0 Å². The normalized spacial score (nSPS) is 21.3. The Morgan fingerprint density at radius 1 is 1.57 bits per heavy atom. The molecule has 1 saturated heterocycles. The molecule has 0 aromatic carbocycles. The monoisotopic (exact) mass is 298 g/mol. The Labute approximate surface area is 125 Å². The second kappa shape index (κ2) is 7.84. The third-order valence-corrected chi connectivity index (χ3v) is 3.81. The van der Waals surface area contributed by atoms with Crippen molar-refractivity contribution >= 4 is 0 Å². The standard InChI is InChI=1S/C14H26N4O3/c1-4-20-10-13(19)8-18-6-5-12(7-18)17(3)9-14-15-11(2)21-16-14/h12-13,19H,4-10H2,1-3H3/t12-,13+/m0/s1. The molecule has 1 N–H and O–H groups in total. The Kier molecular flexibility index (Phi) is 6.10. The molecule has 0 bridgehead atoms. The summed E-state index contributed by atoms with van der Waals surface area (Å²) in [4.78, 5) is 8.77. The summed E-state index contributed by atoms with van der Waals surface area (Å²) in [6, 6.07) is 0.461. The van der Waals surface area contributed by atoms with Gasteiger partial charge in [0.25, 0.3) is 0 Å². The van der Waals surface area contributed by atoms with E-state index in [4.69, 9.17) is 9.26 Å². The van der Waals surface area contributed by atoms with Crippen molar-refractivity contribution in [1.82, 2.24) is 19.9 Å². The molecule has 1 aromatic rings. The van der Waals surface area contributed by atoms with E-state index in [1.165, 1.54) is 0 Å². The number of likely N-dealkylation sites (tertiary alicyclic amines) is 1. The number of nitrogens with zero attached hydrogens (tertiary/aromatic N) is 4. The highest BCUT2D eigenvalue weighted by molar-refractivity contribution is 4.88. The maximum absolute atomic E-state index is 9.89. The highest BCUT2D eigenvalue weighted by Crippen LogP contribution is 2.16. The Morgan fingerprint density at radius 3 is 3.05 bits per heavy atom. The van der Waals surface area contributed by atoms with Crippen LogP contribution in [0.5, 0.6) is 0 Å². The highest BCUT2D eigenvalue weighted by atomic mass is 16.5. The van der Waals surface area contributed by atoms with Gasteiger partial charge in [-0.05, 0) is 26.9 Å². The van der Waals surface area contributed by atoms with Crippen molar-refractivity contribution in [1.29, 1.82) is 0 Å². The van der Waals surface area contributed by atoms with Crippen molar-refractivity contribution in [3.05, 3.63) is 11.7 Å². The van der Waals surface area contributed by atoms with Crippen LogP contribution in [0.2, 0.25) is 0 Å². The van der Waals surface area contributed by atoms with Crippen molar-refractivity contribution < 1.29 is 14.4 Å². The molecule has 1 aromatic heterocycles. The first kappa shape index (κ1) is 16.4. The Hall–Kier alpha value is -1.02. The van der Waals surface area contributed by atoms with Gasteiger partial charge in [-0.3, -0.25) is 9.80 Å². The number of hydrogen-bond donors (Lipinski definition) is 1. The van der Waals surface area contributed by atoms with Gasteiger partial charge in [0, 0.05) is 32.7 Å². The molecule has 1 aliphatic rings.